The first kappa shape index (κ1) is 20.0. The highest BCUT2D eigenvalue weighted by Crippen LogP contribution is 2.24. The van der Waals surface area contributed by atoms with Gasteiger partial charge in [-0.1, -0.05) is 41.9 Å². The van der Waals surface area contributed by atoms with E-state index < -0.39 is 5.82 Å². The molecule has 0 aliphatic carbocycles. The third-order valence-electron chi connectivity index (χ3n) is 3.82. The zero-order chi connectivity index (χ0) is 19.9. The Morgan fingerprint density at radius 1 is 1.11 bits per heavy atom. The van der Waals surface area contributed by atoms with E-state index in [0.717, 1.165) is 10.4 Å². The van der Waals surface area contributed by atoms with Gasteiger partial charge in [-0.25, -0.2) is 9.37 Å². The number of halogens is 2. The van der Waals surface area contributed by atoms with Crippen molar-refractivity contribution in [3.05, 3.63) is 81.6 Å². The molecule has 0 bridgehead atoms. The molecule has 3 rings (SSSR count). The van der Waals surface area contributed by atoms with Crippen LogP contribution in [-0.2, 0) is 22.4 Å². The summed E-state index contributed by atoms with van der Waals surface area (Å²) in [5.74, 6) is -1.15. The fourth-order valence-corrected chi connectivity index (χ4v) is 3.57. The third kappa shape index (κ3) is 5.87. The number of benzene rings is 2. The van der Waals surface area contributed by atoms with Gasteiger partial charge in [-0.2, -0.15) is 0 Å². The van der Waals surface area contributed by atoms with Gasteiger partial charge in [0.15, 0.2) is 5.13 Å². The SMILES string of the molecule is O=C(Cc1cccc(F)c1)NCC(=O)Nc1ncc(Cc2ccccc2Cl)s1. The molecule has 3 aromatic rings. The molecule has 28 heavy (non-hydrogen) atoms. The molecule has 0 saturated heterocycles. The monoisotopic (exact) mass is 417 g/mol. The van der Waals surface area contributed by atoms with Crippen molar-refractivity contribution < 1.29 is 14.0 Å². The molecule has 5 nitrogen and oxygen atoms in total. The molecule has 0 unspecified atom stereocenters. The lowest BCUT2D eigenvalue weighted by Gasteiger charge is -2.05. The number of rotatable bonds is 7. The molecule has 8 heteroatoms. The smallest absolute Gasteiger partial charge is 0.245 e. The van der Waals surface area contributed by atoms with Crippen LogP contribution in [0.5, 0.6) is 0 Å². The lowest BCUT2D eigenvalue weighted by molar-refractivity contribution is -0.123. The van der Waals surface area contributed by atoms with Gasteiger partial charge in [0.1, 0.15) is 5.82 Å². The maximum absolute atomic E-state index is 13.1. The maximum atomic E-state index is 13.1. The number of thiazole rings is 1. The van der Waals surface area contributed by atoms with Crippen LogP contribution in [0.3, 0.4) is 0 Å². The zero-order valence-electron chi connectivity index (χ0n) is 14.7. The molecule has 0 fully saturated rings. The summed E-state index contributed by atoms with van der Waals surface area (Å²) in [6.07, 6.45) is 2.31. The fourth-order valence-electron chi connectivity index (χ4n) is 2.51. The van der Waals surface area contributed by atoms with Gasteiger partial charge in [0.2, 0.25) is 11.8 Å². The molecule has 0 spiro atoms. The van der Waals surface area contributed by atoms with E-state index in [1.807, 2.05) is 24.3 Å². The van der Waals surface area contributed by atoms with Crippen LogP contribution in [-0.4, -0.2) is 23.3 Å². The Balaban J connectivity index is 1.47. The number of anilines is 1. The predicted octanol–water partition coefficient (Wildman–Crippen LogP) is 3.82. The number of carbonyl (C=O) groups excluding carboxylic acids is 2. The highest BCUT2D eigenvalue weighted by molar-refractivity contribution is 7.15. The standard InChI is InChI=1S/C20H17ClFN3O2S/c21-17-7-2-1-5-14(17)10-16-11-24-20(28-16)25-19(27)12-23-18(26)9-13-4-3-6-15(22)8-13/h1-8,11H,9-10,12H2,(H,23,26)(H,24,25,27). The highest BCUT2D eigenvalue weighted by atomic mass is 35.5. The summed E-state index contributed by atoms with van der Waals surface area (Å²) in [7, 11) is 0. The minimum absolute atomic E-state index is 0.00424. The van der Waals surface area contributed by atoms with E-state index in [4.69, 9.17) is 11.6 Å². The van der Waals surface area contributed by atoms with Crippen molar-refractivity contribution >= 4 is 39.9 Å². The molecular weight excluding hydrogens is 401 g/mol. The summed E-state index contributed by atoms with van der Waals surface area (Å²) < 4.78 is 13.1. The van der Waals surface area contributed by atoms with E-state index in [1.165, 1.54) is 29.5 Å². The number of nitrogens with one attached hydrogen (secondary N) is 2. The minimum atomic E-state index is -0.403. The molecule has 1 heterocycles. The lowest BCUT2D eigenvalue weighted by atomic mass is 10.1. The Morgan fingerprint density at radius 2 is 1.93 bits per heavy atom. The number of nitrogens with zero attached hydrogens (tertiary/aromatic N) is 1. The third-order valence-corrected chi connectivity index (χ3v) is 5.10. The Kier molecular flexibility index (Phi) is 6.73. The van der Waals surface area contributed by atoms with Crippen LogP contribution in [0.4, 0.5) is 9.52 Å². The van der Waals surface area contributed by atoms with Gasteiger partial charge in [0.05, 0.1) is 13.0 Å². The Labute approximate surface area is 170 Å². The van der Waals surface area contributed by atoms with Crippen LogP contribution in [0.1, 0.15) is 16.0 Å². The molecule has 0 atom stereocenters. The van der Waals surface area contributed by atoms with Gasteiger partial charge in [-0.15, -0.1) is 11.3 Å². The largest absolute Gasteiger partial charge is 0.347 e. The second kappa shape index (κ2) is 9.43. The van der Waals surface area contributed by atoms with Gasteiger partial charge in [-0.05, 0) is 29.3 Å². The quantitative estimate of drug-likeness (QED) is 0.613. The van der Waals surface area contributed by atoms with E-state index in [-0.39, 0.29) is 24.8 Å². The molecule has 144 valence electrons. The van der Waals surface area contributed by atoms with Crippen LogP contribution >= 0.6 is 22.9 Å². The number of hydrogen-bond donors (Lipinski definition) is 2. The molecule has 0 aliphatic heterocycles. The number of aromatic nitrogens is 1. The first-order chi connectivity index (χ1) is 13.5. The number of amides is 2. The lowest BCUT2D eigenvalue weighted by Crippen LogP contribution is -2.33. The molecular formula is C20H17ClFN3O2S. The van der Waals surface area contributed by atoms with Crippen molar-refractivity contribution in [1.29, 1.82) is 0 Å². The molecule has 0 radical (unpaired) electrons. The predicted molar refractivity (Wildman–Crippen MR) is 108 cm³/mol. The summed E-state index contributed by atoms with van der Waals surface area (Å²) in [5, 5.41) is 6.30. The zero-order valence-corrected chi connectivity index (χ0v) is 16.3. The normalized spacial score (nSPS) is 10.5. The fraction of sp³-hybridized carbons (Fsp3) is 0.150. The van der Waals surface area contributed by atoms with Crippen molar-refractivity contribution in [3.63, 3.8) is 0 Å². The Bertz CT molecular complexity index is 993. The van der Waals surface area contributed by atoms with E-state index >= 15 is 0 Å². The summed E-state index contributed by atoms with van der Waals surface area (Å²) in [6.45, 7) is -0.187. The summed E-state index contributed by atoms with van der Waals surface area (Å²) >= 11 is 7.50. The molecule has 2 aromatic carbocycles. The van der Waals surface area contributed by atoms with Gasteiger partial charge < -0.3 is 10.6 Å². The topological polar surface area (TPSA) is 71.1 Å². The van der Waals surface area contributed by atoms with Crippen LogP contribution in [0.25, 0.3) is 0 Å². The Hall–Kier alpha value is -2.77. The first-order valence-corrected chi connectivity index (χ1v) is 9.68. The average Bonchev–Trinajstić information content (AvgIpc) is 3.09. The van der Waals surface area contributed by atoms with Gasteiger partial charge >= 0.3 is 0 Å². The van der Waals surface area contributed by atoms with Crippen LogP contribution in [0, 0.1) is 5.82 Å². The van der Waals surface area contributed by atoms with E-state index in [9.17, 15) is 14.0 Å². The molecule has 2 amide bonds. The van der Waals surface area contributed by atoms with Crippen molar-refractivity contribution in [2.45, 2.75) is 12.8 Å². The average molecular weight is 418 g/mol. The highest BCUT2D eigenvalue weighted by Gasteiger charge is 2.10. The molecule has 0 saturated carbocycles. The van der Waals surface area contributed by atoms with E-state index in [0.29, 0.717) is 22.1 Å². The van der Waals surface area contributed by atoms with Crippen molar-refractivity contribution in [2.75, 3.05) is 11.9 Å². The Morgan fingerprint density at radius 3 is 2.71 bits per heavy atom. The van der Waals surface area contributed by atoms with Crippen molar-refractivity contribution in [2.24, 2.45) is 0 Å². The summed E-state index contributed by atoms with van der Waals surface area (Å²) in [5.41, 5.74) is 1.53. The number of hydrogen-bond acceptors (Lipinski definition) is 4. The van der Waals surface area contributed by atoms with E-state index in [2.05, 4.69) is 15.6 Å². The molecule has 1 aromatic heterocycles. The van der Waals surface area contributed by atoms with E-state index in [1.54, 1.807) is 12.3 Å². The van der Waals surface area contributed by atoms with Gasteiger partial charge in [-0.3, -0.25) is 9.59 Å². The second-order valence-corrected chi connectivity index (χ2v) is 7.55. The summed E-state index contributed by atoms with van der Waals surface area (Å²) in [4.78, 5) is 29.0. The second-order valence-electron chi connectivity index (χ2n) is 6.03. The van der Waals surface area contributed by atoms with Gasteiger partial charge in [0, 0.05) is 22.5 Å². The van der Waals surface area contributed by atoms with Crippen molar-refractivity contribution in [3.8, 4) is 0 Å². The van der Waals surface area contributed by atoms with Crippen LogP contribution in [0.15, 0.2) is 54.7 Å². The van der Waals surface area contributed by atoms with Crippen molar-refractivity contribution in [1.82, 2.24) is 10.3 Å². The maximum Gasteiger partial charge on any atom is 0.245 e. The summed E-state index contributed by atoms with van der Waals surface area (Å²) in [6, 6.07) is 13.3. The minimum Gasteiger partial charge on any atom is -0.347 e. The molecule has 0 aliphatic rings. The van der Waals surface area contributed by atoms with Crippen LogP contribution in [0.2, 0.25) is 5.02 Å². The number of carbonyl (C=O) groups is 2. The first-order valence-electron chi connectivity index (χ1n) is 8.48. The van der Waals surface area contributed by atoms with Gasteiger partial charge in [0.25, 0.3) is 0 Å². The van der Waals surface area contributed by atoms with Crippen LogP contribution < -0.4 is 10.6 Å². The molecule has 2 N–H and O–H groups in total.